The minimum atomic E-state index is 0.0649. The highest BCUT2D eigenvalue weighted by molar-refractivity contribution is 7.99. The molecular weight excluding hydrogens is 310 g/mol. The number of carbonyl (C=O) groups excluding carboxylic acids is 1. The molecule has 124 valence electrons. The maximum Gasteiger partial charge on any atom is 0.256 e. The molecule has 0 unspecified atom stereocenters. The number of carbonyl (C=O) groups is 1. The van der Waals surface area contributed by atoms with Gasteiger partial charge in [0.1, 0.15) is 0 Å². The highest BCUT2D eigenvalue weighted by Crippen LogP contribution is 2.23. The summed E-state index contributed by atoms with van der Waals surface area (Å²) in [6, 6.07) is 1.99. The van der Waals surface area contributed by atoms with Gasteiger partial charge in [-0.05, 0) is 38.7 Å². The lowest BCUT2D eigenvalue weighted by molar-refractivity contribution is -0.118. The first-order valence-electron chi connectivity index (χ1n) is 8.22. The van der Waals surface area contributed by atoms with Crippen molar-refractivity contribution in [2.75, 3.05) is 12.3 Å². The summed E-state index contributed by atoms with van der Waals surface area (Å²) in [5.74, 6) is 1.67. The number of aromatic nitrogens is 4. The van der Waals surface area contributed by atoms with Gasteiger partial charge in [-0.2, -0.15) is 0 Å². The lowest BCUT2D eigenvalue weighted by Crippen LogP contribution is -2.31. The molecule has 1 N–H and O–H groups in total. The van der Waals surface area contributed by atoms with Gasteiger partial charge in [0.2, 0.25) is 5.91 Å². The molecule has 0 aliphatic heterocycles. The topological polar surface area (TPSA) is 72.2 Å². The molecule has 2 aromatic rings. The van der Waals surface area contributed by atoms with Gasteiger partial charge >= 0.3 is 0 Å². The zero-order valence-electron chi connectivity index (χ0n) is 13.7. The van der Waals surface area contributed by atoms with Crippen LogP contribution in [0.4, 0.5) is 0 Å². The van der Waals surface area contributed by atoms with Crippen LogP contribution in [0.25, 0.3) is 5.78 Å². The number of amides is 1. The van der Waals surface area contributed by atoms with Gasteiger partial charge in [0.15, 0.2) is 5.16 Å². The molecule has 1 fully saturated rings. The Balaban J connectivity index is 1.54. The third-order valence-electron chi connectivity index (χ3n) is 4.31. The van der Waals surface area contributed by atoms with Crippen LogP contribution in [0.3, 0.4) is 0 Å². The van der Waals surface area contributed by atoms with Gasteiger partial charge in [-0.25, -0.2) is 4.98 Å². The van der Waals surface area contributed by atoms with Gasteiger partial charge in [-0.15, -0.1) is 10.2 Å². The van der Waals surface area contributed by atoms with Crippen molar-refractivity contribution < 1.29 is 4.79 Å². The molecule has 1 saturated carbocycles. The van der Waals surface area contributed by atoms with E-state index in [4.69, 9.17) is 0 Å². The van der Waals surface area contributed by atoms with Gasteiger partial charge in [0.25, 0.3) is 5.78 Å². The van der Waals surface area contributed by atoms with Crippen molar-refractivity contribution in [1.82, 2.24) is 24.9 Å². The van der Waals surface area contributed by atoms with Crippen molar-refractivity contribution in [3.8, 4) is 0 Å². The number of thioether (sulfide) groups is 1. The average Bonchev–Trinajstić information content (AvgIpc) is 2.95. The quantitative estimate of drug-likeness (QED) is 0.851. The molecule has 7 heteroatoms. The Kier molecular flexibility index (Phi) is 5.15. The van der Waals surface area contributed by atoms with E-state index in [2.05, 4.69) is 20.5 Å². The molecule has 1 aliphatic rings. The monoisotopic (exact) mass is 333 g/mol. The Labute approximate surface area is 140 Å². The lowest BCUT2D eigenvalue weighted by Gasteiger charge is -2.21. The van der Waals surface area contributed by atoms with Crippen LogP contribution in [0.5, 0.6) is 0 Å². The van der Waals surface area contributed by atoms with E-state index in [1.165, 1.54) is 43.9 Å². The second kappa shape index (κ2) is 7.29. The normalized spacial score (nSPS) is 15.9. The maximum atomic E-state index is 12.1. The second-order valence-corrected chi connectivity index (χ2v) is 7.20. The molecule has 0 saturated heterocycles. The van der Waals surface area contributed by atoms with E-state index in [9.17, 15) is 4.79 Å². The molecule has 0 radical (unpaired) electrons. The zero-order valence-corrected chi connectivity index (χ0v) is 14.5. The molecule has 3 rings (SSSR count). The fourth-order valence-electron chi connectivity index (χ4n) is 3.12. The number of hydrogen-bond donors (Lipinski definition) is 1. The van der Waals surface area contributed by atoms with E-state index in [1.54, 1.807) is 0 Å². The molecule has 0 aromatic carbocycles. The van der Waals surface area contributed by atoms with Gasteiger partial charge in [0, 0.05) is 17.9 Å². The van der Waals surface area contributed by atoms with Gasteiger partial charge in [-0.1, -0.05) is 31.0 Å². The molecule has 0 spiro atoms. The van der Waals surface area contributed by atoms with Crippen LogP contribution < -0.4 is 5.32 Å². The number of fused-ring (bicyclic) bond motifs is 1. The standard InChI is InChI=1S/C16H23N5OS/c1-11-8-12(2)21-15(18-11)19-20-16(21)23-10-14(22)17-9-13-6-4-3-5-7-13/h8,13H,3-7,9-10H2,1-2H3,(H,17,22). The van der Waals surface area contributed by atoms with Crippen molar-refractivity contribution in [1.29, 1.82) is 0 Å². The molecule has 6 nitrogen and oxygen atoms in total. The predicted octanol–water partition coefficient (Wildman–Crippen LogP) is 2.53. The van der Waals surface area contributed by atoms with Crippen LogP contribution in [0.1, 0.15) is 43.5 Å². The van der Waals surface area contributed by atoms with Crippen LogP contribution >= 0.6 is 11.8 Å². The van der Waals surface area contributed by atoms with Crippen LogP contribution in [-0.4, -0.2) is 37.8 Å². The van der Waals surface area contributed by atoms with Crippen molar-refractivity contribution in [3.05, 3.63) is 17.5 Å². The van der Waals surface area contributed by atoms with Crippen LogP contribution in [0.2, 0.25) is 0 Å². The Bertz CT molecular complexity index is 693. The molecule has 1 aliphatic carbocycles. The molecule has 23 heavy (non-hydrogen) atoms. The number of nitrogens with one attached hydrogen (secondary N) is 1. The Morgan fingerprint density at radius 1 is 1.30 bits per heavy atom. The fourth-order valence-corrected chi connectivity index (χ4v) is 3.94. The summed E-state index contributed by atoms with van der Waals surface area (Å²) in [5.41, 5.74) is 1.95. The summed E-state index contributed by atoms with van der Waals surface area (Å²) >= 11 is 1.41. The van der Waals surface area contributed by atoms with E-state index in [0.29, 0.717) is 17.4 Å². The van der Waals surface area contributed by atoms with Crippen molar-refractivity contribution >= 4 is 23.4 Å². The van der Waals surface area contributed by atoms with E-state index in [0.717, 1.165) is 23.1 Å². The van der Waals surface area contributed by atoms with E-state index >= 15 is 0 Å². The van der Waals surface area contributed by atoms with Gasteiger partial charge < -0.3 is 5.32 Å². The summed E-state index contributed by atoms with van der Waals surface area (Å²) in [5, 5.41) is 12.0. The van der Waals surface area contributed by atoms with E-state index in [1.807, 2.05) is 24.3 Å². The summed E-state index contributed by atoms with van der Waals surface area (Å²) in [7, 11) is 0. The minimum absolute atomic E-state index is 0.0649. The van der Waals surface area contributed by atoms with Crippen molar-refractivity contribution in [2.45, 2.75) is 51.1 Å². The summed E-state index contributed by atoms with van der Waals surface area (Å²) in [4.78, 5) is 16.4. The number of hydrogen-bond acceptors (Lipinski definition) is 5. The first-order valence-corrected chi connectivity index (χ1v) is 9.21. The molecule has 1 amide bonds. The Morgan fingerprint density at radius 3 is 2.87 bits per heavy atom. The zero-order chi connectivity index (χ0) is 16.2. The first kappa shape index (κ1) is 16.2. The largest absolute Gasteiger partial charge is 0.355 e. The van der Waals surface area contributed by atoms with Gasteiger partial charge in [-0.3, -0.25) is 9.20 Å². The van der Waals surface area contributed by atoms with Crippen molar-refractivity contribution in [2.24, 2.45) is 5.92 Å². The molecule has 0 atom stereocenters. The number of nitrogens with zero attached hydrogens (tertiary/aromatic N) is 4. The average molecular weight is 333 g/mol. The first-order chi connectivity index (χ1) is 11.1. The molecule has 2 aromatic heterocycles. The summed E-state index contributed by atoms with van der Waals surface area (Å²) < 4.78 is 1.89. The maximum absolute atomic E-state index is 12.1. The smallest absolute Gasteiger partial charge is 0.256 e. The third kappa shape index (κ3) is 4.02. The van der Waals surface area contributed by atoms with Crippen molar-refractivity contribution in [3.63, 3.8) is 0 Å². The van der Waals surface area contributed by atoms with Gasteiger partial charge in [0.05, 0.1) is 5.75 Å². The second-order valence-electron chi connectivity index (χ2n) is 6.25. The summed E-state index contributed by atoms with van der Waals surface area (Å²) in [6.07, 6.45) is 6.42. The molecule has 2 heterocycles. The third-order valence-corrected chi connectivity index (χ3v) is 5.24. The Morgan fingerprint density at radius 2 is 2.09 bits per heavy atom. The molecule has 0 bridgehead atoms. The SMILES string of the molecule is Cc1cc(C)n2c(SCC(=O)NCC3CCCCC3)nnc2n1. The number of rotatable bonds is 5. The number of aryl methyl sites for hydroxylation is 2. The molecular formula is C16H23N5OS. The Hall–Kier alpha value is -1.63. The highest BCUT2D eigenvalue weighted by Gasteiger charge is 2.15. The van der Waals surface area contributed by atoms with Crippen LogP contribution in [0.15, 0.2) is 11.2 Å². The minimum Gasteiger partial charge on any atom is -0.355 e. The predicted molar refractivity (Wildman–Crippen MR) is 90.6 cm³/mol. The lowest BCUT2D eigenvalue weighted by atomic mass is 9.89. The highest BCUT2D eigenvalue weighted by atomic mass is 32.2. The van der Waals surface area contributed by atoms with Crippen LogP contribution in [-0.2, 0) is 4.79 Å². The van der Waals surface area contributed by atoms with E-state index < -0.39 is 0 Å². The summed E-state index contributed by atoms with van der Waals surface area (Å²) in [6.45, 7) is 4.74. The van der Waals surface area contributed by atoms with E-state index in [-0.39, 0.29) is 5.91 Å². The fraction of sp³-hybridized carbons (Fsp3) is 0.625. The van der Waals surface area contributed by atoms with Crippen LogP contribution in [0, 0.1) is 19.8 Å².